The van der Waals surface area contributed by atoms with E-state index in [0.29, 0.717) is 0 Å². The standard InChI is InChI=1S/C10H10.C2H6/c1-3-6-10-8-5-4-7-9(10)2;1-2/h4-5,7-8H,1-2H3;1-2H3. The highest BCUT2D eigenvalue weighted by atomic mass is 13.9. The summed E-state index contributed by atoms with van der Waals surface area (Å²) in [5.74, 6) is 5.90. The van der Waals surface area contributed by atoms with Crippen LogP contribution in [-0.2, 0) is 0 Å². The van der Waals surface area contributed by atoms with Crippen molar-refractivity contribution in [1.82, 2.24) is 0 Å². The molecule has 1 aromatic rings. The third-order valence-electron chi connectivity index (χ3n) is 1.40. The lowest BCUT2D eigenvalue weighted by Gasteiger charge is -1.93. The Morgan fingerprint density at radius 3 is 2.17 bits per heavy atom. The van der Waals surface area contributed by atoms with Crippen molar-refractivity contribution in [3.05, 3.63) is 35.4 Å². The van der Waals surface area contributed by atoms with Gasteiger partial charge >= 0.3 is 0 Å². The van der Waals surface area contributed by atoms with Crippen LogP contribution in [0.4, 0.5) is 0 Å². The number of hydrogen-bond donors (Lipinski definition) is 0. The first kappa shape index (κ1) is 10.8. The van der Waals surface area contributed by atoms with Crippen LogP contribution in [0.25, 0.3) is 0 Å². The molecule has 1 aromatic carbocycles. The SMILES string of the molecule is CC.CC#Cc1ccccc1C. The monoisotopic (exact) mass is 160 g/mol. The Hall–Kier alpha value is -1.22. The van der Waals surface area contributed by atoms with Crippen molar-refractivity contribution >= 4 is 0 Å². The molecule has 64 valence electrons. The first-order chi connectivity index (χ1) is 5.84. The van der Waals surface area contributed by atoms with Gasteiger partial charge in [0.15, 0.2) is 0 Å². The number of benzene rings is 1. The topological polar surface area (TPSA) is 0 Å². The van der Waals surface area contributed by atoms with Crippen LogP contribution in [0, 0.1) is 18.8 Å². The molecule has 0 fully saturated rings. The quantitative estimate of drug-likeness (QED) is 0.510. The molecule has 0 atom stereocenters. The van der Waals surface area contributed by atoms with E-state index in [4.69, 9.17) is 0 Å². The average molecular weight is 160 g/mol. The fourth-order valence-corrected chi connectivity index (χ4v) is 0.848. The van der Waals surface area contributed by atoms with Gasteiger partial charge in [-0.3, -0.25) is 0 Å². The predicted octanol–water partition coefficient (Wildman–Crippen LogP) is 3.39. The molecule has 0 saturated carbocycles. The van der Waals surface area contributed by atoms with Crippen molar-refractivity contribution in [2.75, 3.05) is 0 Å². The molecule has 0 unspecified atom stereocenters. The molecule has 0 aliphatic rings. The number of aryl methyl sites for hydroxylation is 1. The van der Waals surface area contributed by atoms with Gasteiger partial charge in [-0.15, -0.1) is 5.92 Å². The minimum Gasteiger partial charge on any atom is -0.101 e. The van der Waals surface area contributed by atoms with Gasteiger partial charge in [-0.2, -0.15) is 0 Å². The molecule has 0 amide bonds. The maximum atomic E-state index is 3.03. The maximum absolute atomic E-state index is 3.03. The smallest absolute Gasteiger partial charge is 0.0274 e. The summed E-state index contributed by atoms with van der Waals surface area (Å²) < 4.78 is 0. The third kappa shape index (κ3) is 3.25. The summed E-state index contributed by atoms with van der Waals surface area (Å²) in [6, 6.07) is 8.13. The predicted molar refractivity (Wildman–Crippen MR) is 55.1 cm³/mol. The lowest BCUT2D eigenvalue weighted by Crippen LogP contribution is -1.78. The summed E-state index contributed by atoms with van der Waals surface area (Å²) in [5, 5.41) is 0. The van der Waals surface area contributed by atoms with Crippen molar-refractivity contribution in [3.8, 4) is 11.8 Å². The van der Waals surface area contributed by atoms with Crippen molar-refractivity contribution in [1.29, 1.82) is 0 Å². The van der Waals surface area contributed by atoms with Crippen LogP contribution in [-0.4, -0.2) is 0 Å². The lowest BCUT2D eigenvalue weighted by atomic mass is 10.1. The van der Waals surface area contributed by atoms with E-state index in [-0.39, 0.29) is 0 Å². The molecule has 0 nitrogen and oxygen atoms in total. The Kier molecular flexibility index (Phi) is 5.83. The van der Waals surface area contributed by atoms with Crippen molar-refractivity contribution < 1.29 is 0 Å². The van der Waals surface area contributed by atoms with Crippen LogP contribution in [0.15, 0.2) is 24.3 Å². The van der Waals surface area contributed by atoms with Gasteiger partial charge in [0.2, 0.25) is 0 Å². The molecule has 0 radical (unpaired) electrons. The van der Waals surface area contributed by atoms with E-state index < -0.39 is 0 Å². The highest BCUT2D eigenvalue weighted by Crippen LogP contribution is 2.03. The van der Waals surface area contributed by atoms with Crippen LogP contribution in [0.3, 0.4) is 0 Å². The van der Waals surface area contributed by atoms with E-state index >= 15 is 0 Å². The highest BCUT2D eigenvalue weighted by Gasteiger charge is 1.88. The number of hydrogen-bond acceptors (Lipinski definition) is 0. The van der Waals surface area contributed by atoms with E-state index in [1.807, 2.05) is 39.0 Å². The molecule has 12 heavy (non-hydrogen) atoms. The van der Waals surface area contributed by atoms with Crippen molar-refractivity contribution in [2.45, 2.75) is 27.7 Å². The Morgan fingerprint density at radius 1 is 1.08 bits per heavy atom. The molecular weight excluding hydrogens is 144 g/mol. The van der Waals surface area contributed by atoms with Crippen LogP contribution in [0.2, 0.25) is 0 Å². The molecule has 0 heterocycles. The summed E-state index contributed by atoms with van der Waals surface area (Å²) >= 11 is 0. The summed E-state index contributed by atoms with van der Waals surface area (Å²) in [4.78, 5) is 0. The molecule has 0 N–H and O–H groups in total. The first-order valence-electron chi connectivity index (χ1n) is 4.33. The molecule has 0 bridgehead atoms. The molecule has 0 aliphatic heterocycles. The molecule has 0 spiro atoms. The second-order valence-corrected chi connectivity index (χ2v) is 2.19. The Labute approximate surface area is 75.6 Å². The van der Waals surface area contributed by atoms with Crippen LogP contribution >= 0.6 is 0 Å². The largest absolute Gasteiger partial charge is 0.101 e. The second kappa shape index (κ2) is 6.49. The minimum absolute atomic E-state index is 1.13. The van der Waals surface area contributed by atoms with Crippen molar-refractivity contribution in [3.63, 3.8) is 0 Å². The molecule has 0 saturated heterocycles. The minimum atomic E-state index is 1.13. The summed E-state index contributed by atoms with van der Waals surface area (Å²) in [6.07, 6.45) is 0. The molecule has 1 rings (SSSR count). The van der Waals surface area contributed by atoms with Crippen LogP contribution in [0.5, 0.6) is 0 Å². The maximum Gasteiger partial charge on any atom is 0.0274 e. The highest BCUT2D eigenvalue weighted by molar-refractivity contribution is 5.39. The number of rotatable bonds is 0. The van der Waals surface area contributed by atoms with Crippen LogP contribution in [0.1, 0.15) is 31.9 Å². The van der Waals surface area contributed by atoms with E-state index in [2.05, 4.69) is 24.8 Å². The molecule has 0 heteroatoms. The van der Waals surface area contributed by atoms with Crippen LogP contribution < -0.4 is 0 Å². The van der Waals surface area contributed by atoms with E-state index in [1.54, 1.807) is 0 Å². The van der Waals surface area contributed by atoms with Crippen molar-refractivity contribution in [2.24, 2.45) is 0 Å². The first-order valence-corrected chi connectivity index (χ1v) is 4.33. The molecule has 0 aliphatic carbocycles. The van der Waals surface area contributed by atoms with Gasteiger partial charge in [-0.05, 0) is 25.5 Å². The van der Waals surface area contributed by atoms with E-state index in [0.717, 1.165) is 5.56 Å². The zero-order valence-corrected chi connectivity index (χ0v) is 8.31. The summed E-state index contributed by atoms with van der Waals surface area (Å²) in [7, 11) is 0. The average Bonchev–Trinajstić information content (AvgIpc) is 2.13. The van der Waals surface area contributed by atoms with Gasteiger partial charge in [-0.25, -0.2) is 0 Å². The van der Waals surface area contributed by atoms with Gasteiger partial charge in [-0.1, -0.05) is 38.0 Å². The van der Waals surface area contributed by atoms with E-state index in [1.165, 1.54) is 5.56 Å². The fraction of sp³-hybridized carbons (Fsp3) is 0.333. The Balaban J connectivity index is 0.000000561. The zero-order valence-electron chi connectivity index (χ0n) is 8.31. The Morgan fingerprint density at radius 2 is 1.67 bits per heavy atom. The van der Waals surface area contributed by atoms with E-state index in [9.17, 15) is 0 Å². The second-order valence-electron chi connectivity index (χ2n) is 2.19. The normalized spacial score (nSPS) is 7.33. The fourth-order valence-electron chi connectivity index (χ4n) is 0.848. The van der Waals surface area contributed by atoms with Gasteiger partial charge in [0.05, 0.1) is 0 Å². The van der Waals surface area contributed by atoms with Gasteiger partial charge < -0.3 is 0 Å². The Bertz CT molecular complexity index is 274. The molecule has 0 aromatic heterocycles. The van der Waals surface area contributed by atoms with Gasteiger partial charge in [0, 0.05) is 5.56 Å². The third-order valence-corrected chi connectivity index (χ3v) is 1.40. The lowest BCUT2D eigenvalue weighted by molar-refractivity contribution is 1.44. The molecular formula is C12H16. The van der Waals surface area contributed by atoms with Gasteiger partial charge in [0.25, 0.3) is 0 Å². The summed E-state index contributed by atoms with van der Waals surface area (Å²) in [6.45, 7) is 7.92. The summed E-state index contributed by atoms with van der Waals surface area (Å²) in [5.41, 5.74) is 2.38. The van der Waals surface area contributed by atoms with Gasteiger partial charge in [0.1, 0.15) is 0 Å². The zero-order chi connectivity index (χ0) is 9.40.